The van der Waals surface area contributed by atoms with Crippen LogP contribution < -0.4 is 11.1 Å². The molecule has 1 aliphatic carbocycles. The number of amides is 1. The minimum atomic E-state index is 0.191. The Bertz CT molecular complexity index is 456. The first-order valence-corrected chi connectivity index (χ1v) is 8.42. The first-order chi connectivity index (χ1) is 9.65. The van der Waals surface area contributed by atoms with Gasteiger partial charge in [0.2, 0.25) is 5.91 Å². The van der Waals surface area contributed by atoms with Gasteiger partial charge in [0.25, 0.3) is 0 Å². The van der Waals surface area contributed by atoms with Gasteiger partial charge in [-0.3, -0.25) is 4.79 Å². The predicted molar refractivity (Wildman–Crippen MR) is 85.9 cm³/mol. The highest BCUT2D eigenvalue weighted by Gasteiger charge is 2.15. The smallest absolute Gasteiger partial charge is 0.221 e. The number of hydrogen-bond acceptors (Lipinski definition) is 3. The summed E-state index contributed by atoms with van der Waals surface area (Å²) in [7, 11) is 0. The van der Waals surface area contributed by atoms with Crippen LogP contribution in [0.15, 0.2) is 23.1 Å². The quantitative estimate of drug-likeness (QED) is 0.645. The third-order valence-corrected chi connectivity index (χ3v) is 4.80. The van der Waals surface area contributed by atoms with Gasteiger partial charge in [-0.25, -0.2) is 0 Å². The van der Waals surface area contributed by atoms with Gasteiger partial charge in [-0.1, -0.05) is 19.3 Å². The molecule has 3 nitrogen and oxygen atoms in total. The topological polar surface area (TPSA) is 55.1 Å². The lowest BCUT2D eigenvalue weighted by Crippen LogP contribution is -2.36. The number of nitrogens with one attached hydrogen (secondary N) is 1. The highest BCUT2D eigenvalue weighted by atomic mass is 32.2. The molecule has 0 atom stereocenters. The van der Waals surface area contributed by atoms with Gasteiger partial charge in [0.05, 0.1) is 0 Å². The molecule has 20 heavy (non-hydrogen) atoms. The first-order valence-electron chi connectivity index (χ1n) is 7.43. The summed E-state index contributed by atoms with van der Waals surface area (Å²) in [6.07, 6.45) is 6.71. The number of benzene rings is 1. The van der Waals surface area contributed by atoms with Crippen molar-refractivity contribution in [2.24, 2.45) is 0 Å². The van der Waals surface area contributed by atoms with Crippen LogP contribution in [0.3, 0.4) is 0 Å². The van der Waals surface area contributed by atoms with Gasteiger partial charge in [-0.15, -0.1) is 11.8 Å². The molecule has 1 saturated carbocycles. The average molecular weight is 292 g/mol. The van der Waals surface area contributed by atoms with Crippen LogP contribution in [0.2, 0.25) is 0 Å². The lowest BCUT2D eigenvalue weighted by molar-refractivity contribution is -0.121. The van der Waals surface area contributed by atoms with Crippen molar-refractivity contribution in [1.82, 2.24) is 5.32 Å². The maximum absolute atomic E-state index is 11.9. The molecule has 3 N–H and O–H groups in total. The van der Waals surface area contributed by atoms with Crippen LogP contribution in [-0.2, 0) is 4.79 Å². The highest BCUT2D eigenvalue weighted by molar-refractivity contribution is 7.99. The number of thioether (sulfide) groups is 1. The number of nitrogen functional groups attached to an aromatic ring is 1. The zero-order valence-electron chi connectivity index (χ0n) is 12.2. The Kier molecular flexibility index (Phi) is 5.77. The van der Waals surface area contributed by atoms with Crippen molar-refractivity contribution in [3.8, 4) is 0 Å². The molecule has 1 aromatic rings. The van der Waals surface area contributed by atoms with Gasteiger partial charge in [0.1, 0.15) is 0 Å². The normalized spacial score (nSPS) is 16.1. The molecule has 0 aromatic heterocycles. The van der Waals surface area contributed by atoms with Crippen LogP contribution in [0.4, 0.5) is 5.69 Å². The van der Waals surface area contributed by atoms with Crippen LogP contribution in [0.25, 0.3) is 0 Å². The minimum Gasteiger partial charge on any atom is -0.399 e. The molecule has 1 aliphatic rings. The van der Waals surface area contributed by atoms with E-state index >= 15 is 0 Å². The van der Waals surface area contributed by atoms with Crippen LogP contribution in [-0.4, -0.2) is 17.7 Å². The lowest BCUT2D eigenvalue weighted by atomic mass is 9.95. The summed E-state index contributed by atoms with van der Waals surface area (Å²) in [6, 6.07) is 6.45. The van der Waals surface area contributed by atoms with Crippen molar-refractivity contribution in [3.63, 3.8) is 0 Å². The number of hydrogen-bond donors (Lipinski definition) is 2. The second kappa shape index (κ2) is 7.58. The first kappa shape index (κ1) is 15.2. The van der Waals surface area contributed by atoms with Crippen molar-refractivity contribution in [2.75, 3.05) is 11.5 Å². The van der Waals surface area contributed by atoms with Crippen molar-refractivity contribution < 1.29 is 4.79 Å². The Labute approximate surface area is 125 Å². The molecule has 0 unspecified atom stereocenters. The molecule has 2 rings (SSSR count). The number of aryl methyl sites for hydroxylation is 1. The van der Waals surface area contributed by atoms with Crippen molar-refractivity contribution >= 4 is 23.4 Å². The van der Waals surface area contributed by atoms with E-state index in [1.165, 1.54) is 24.2 Å². The highest BCUT2D eigenvalue weighted by Crippen LogP contribution is 2.23. The largest absolute Gasteiger partial charge is 0.399 e. The van der Waals surface area contributed by atoms with E-state index in [2.05, 4.69) is 11.4 Å². The average Bonchev–Trinajstić information content (AvgIpc) is 2.44. The van der Waals surface area contributed by atoms with E-state index in [1.54, 1.807) is 11.8 Å². The molecular formula is C16H24N2OS. The summed E-state index contributed by atoms with van der Waals surface area (Å²) < 4.78 is 0. The molecule has 0 heterocycles. The lowest BCUT2D eigenvalue weighted by Gasteiger charge is -2.22. The number of rotatable bonds is 5. The summed E-state index contributed by atoms with van der Waals surface area (Å²) in [6.45, 7) is 2.01. The molecule has 0 aliphatic heterocycles. The molecule has 0 radical (unpaired) electrons. The fourth-order valence-corrected chi connectivity index (χ4v) is 3.49. The second-order valence-corrected chi connectivity index (χ2v) is 6.69. The summed E-state index contributed by atoms with van der Waals surface area (Å²) in [5, 5.41) is 3.15. The van der Waals surface area contributed by atoms with E-state index in [-0.39, 0.29) is 5.91 Å². The van der Waals surface area contributed by atoms with E-state index in [0.29, 0.717) is 12.5 Å². The van der Waals surface area contributed by atoms with E-state index in [9.17, 15) is 4.79 Å². The molecule has 4 heteroatoms. The minimum absolute atomic E-state index is 0.191. The predicted octanol–water partition coefficient (Wildman–Crippen LogP) is 3.51. The van der Waals surface area contributed by atoms with Gasteiger partial charge < -0.3 is 11.1 Å². The Balaban J connectivity index is 1.69. The summed E-state index contributed by atoms with van der Waals surface area (Å²) in [5.74, 6) is 1.01. The standard InChI is InChI=1S/C16H24N2OS/c1-12-11-14(7-8-15(12)17)20-10-9-16(19)18-13-5-3-2-4-6-13/h7-8,11,13H,2-6,9-10,17H2,1H3,(H,18,19). The Morgan fingerprint density at radius 1 is 1.35 bits per heavy atom. The molecule has 1 fully saturated rings. The number of carbonyl (C=O) groups excluding carboxylic acids is 1. The third kappa shape index (κ3) is 4.75. The van der Waals surface area contributed by atoms with Gasteiger partial charge >= 0.3 is 0 Å². The number of carbonyl (C=O) groups is 1. The van der Waals surface area contributed by atoms with Crippen LogP contribution in [0.5, 0.6) is 0 Å². The summed E-state index contributed by atoms with van der Waals surface area (Å²) in [5.41, 5.74) is 7.72. The Morgan fingerprint density at radius 3 is 2.80 bits per heavy atom. The van der Waals surface area contributed by atoms with E-state index in [0.717, 1.165) is 29.8 Å². The third-order valence-electron chi connectivity index (χ3n) is 3.81. The van der Waals surface area contributed by atoms with Gasteiger partial charge in [0, 0.05) is 28.8 Å². The zero-order valence-corrected chi connectivity index (χ0v) is 13.0. The van der Waals surface area contributed by atoms with E-state index in [4.69, 9.17) is 5.73 Å². The second-order valence-electron chi connectivity index (χ2n) is 5.52. The fraction of sp³-hybridized carbons (Fsp3) is 0.562. The zero-order chi connectivity index (χ0) is 14.4. The number of anilines is 1. The molecule has 1 amide bonds. The van der Waals surface area contributed by atoms with Crippen LogP contribution in [0.1, 0.15) is 44.1 Å². The molecular weight excluding hydrogens is 268 g/mol. The molecule has 0 bridgehead atoms. The van der Waals surface area contributed by atoms with E-state index in [1.807, 2.05) is 19.1 Å². The van der Waals surface area contributed by atoms with E-state index < -0.39 is 0 Å². The molecule has 0 saturated heterocycles. The molecule has 110 valence electrons. The van der Waals surface area contributed by atoms with Gasteiger partial charge in [-0.05, 0) is 43.5 Å². The summed E-state index contributed by atoms with van der Waals surface area (Å²) in [4.78, 5) is 13.1. The summed E-state index contributed by atoms with van der Waals surface area (Å²) >= 11 is 1.72. The number of nitrogens with two attached hydrogens (primary N) is 1. The Hall–Kier alpha value is -1.16. The van der Waals surface area contributed by atoms with Crippen molar-refractivity contribution in [1.29, 1.82) is 0 Å². The van der Waals surface area contributed by atoms with Crippen molar-refractivity contribution in [3.05, 3.63) is 23.8 Å². The van der Waals surface area contributed by atoms with Crippen molar-refractivity contribution in [2.45, 2.75) is 56.4 Å². The Morgan fingerprint density at radius 2 is 2.10 bits per heavy atom. The molecule has 1 aromatic carbocycles. The van der Waals surface area contributed by atoms with Crippen LogP contribution in [0, 0.1) is 6.92 Å². The van der Waals surface area contributed by atoms with Gasteiger partial charge in [0.15, 0.2) is 0 Å². The maximum atomic E-state index is 11.9. The maximum Gasteiger partial charge on any atom is 0.221 e. The van der Waals surface area contributed by atoms with Gasteiger partial charge in [-0.2, -0.15) is 0 Å². The SMILES string of the molecule is Cc1cc(SCCC(=O)NC2CCCCC2)ccc1N. The molecule has 0 spiro atoms. The monoisotopic (exact) mass is 292 g/mol. The van der Waals surface area contributed by atoms with Crippen LogP contribution >= 0.6 is 11.8 Å². The fourth-order valence-electron chi connectivity index (χ4n) is 2.55.